The second-order valence-corrected chi connectivity index (χ2v) is 9.32. The first-order valence-corrected chi connectivity index (χ1v) is 11.7. The fourth-order valence-electron chi connectivity index (χ4n) is 3.73. The number of amides is 1. The van der Waals surface area contributed by atoms with Gasteiger partial charge in [-0.2, -0.15) is 0 Å². The van der Waals surface area contributed by atoms with E-state index in [4.69, 9.17) is 0 Å². The number of carbonyl (C=O) groups excluding carboxylic acids is 1. The first kappa shape index (κ1) is 19.4. The van der Waals surface area contributed by atoms with Gasteiger partial charge >= 0.3 is 0 Å². The molecule has 1 aromatic carbocycles. The normalized spacial score (nSPS) is 15.1. The number of aromatic nitrogens is 2. The van der Waals surface area contributed by atoms with Gasteiger partial charge in [-0.25, -0.2) is 9.97 Å². The van der Waals surface area contributed by atoms with E-state index in [2.05, 4.69) is 52.7 Å². The zero-order valence-corrected chi connectivity index (χ0v) is 18.0. The van der Waals surface area contributed by atoms with Gasteiger partial charge in [0.2, 0.25) is 5.91 Å². The average Bonchev–Trinajstić information content (AvgIpc) is 3.14. The van der Waals surface area contributed by atoms with Gasteiger partial charge in [-0.1, -0.05) is 49.2 Å². The van der Waals surface area contributed by atoms with Gasteiger partial charge in [0.25, 0.3) is 0 Å². The number of thioether (sulfide) groups is 1. The molecule has 2 heterocycles. The van der Waals surface area contributed by atoms with E-state index in [0.29, 0.717) is 11.8 Å². The van der Waals surface area contributed by atoms with Crippen molar-refractivity contribution in [2.75, 3.05) is 5.75 Å². The summed E-state index contributed by atoms with van der Waals surface area (Å²) in [4.78, 5) is 22.3. The van der Waals surface area contributed by atoms with Crippen LogP contribution >= 0.6 is 23.1 Å². The Morgan fingerprint density at radius 3 is 2.79 bits per heavy atom. The fourth-order valence-corrected chi connectivity index (χ4v) is 5.53. The van der Waals surface area contributed by atoms with Gasteiger partial charge in [0.1, 0.15) is 16.2 Å². The molecule has 0 spiro atoms. The molecule has 1 saturated carbocycles. The highest BCUT2D eigenvalue weighted by Crippen LogP contribution is 2.38. The van der Waals surface area contributed by atoms with E-state index in [9.17, 15) is 4.79 Å². The summed E-state index contributed by atoms with van der Waals surface area (Å²) in [7, 11) is 0. The van der Waals surface area contributed by atoms with E-state index in [1.165, 1.54) is 47.7 Å². The number of aryl methyl sites for hydroxylation is 2. The SMILES string of the molecule is Cc1ccc(-c2csc3ncnc(SCC(=O)NC4CCCCC4)c23)cc1C. The molecule has 0 atom stereocenters. The maximum atomic E-state index is 12.4. The van der Waals surface area contributed by atoms with Crippen molar-refractivity contribution in [3.8, 4) is 11.1 Å². The lowest BCUT2D eigenvalue weighted by Gasteiger charge is -2.22. The molecule has 146 valence electrons. The van der Waals surface area contributed by atoms with Gasteiger partial charge in [-0.05, 0) is 43.4 Å². The highest BCUT2D eigenvalue weighted by molar-refractivity contribution is 8.00. The topological polar surface area (TPSA) is 54.9 Å². The Morgan fingerprint density at radius 2 is 2.00 bits per heavy atom. The zero-order valence-electron chi connectivity index (χ0n) is 16.3. The second-order valence-electron chi connectivity index (χ2n) is 7.50. The molecule has 0 radical (unpaired) electrons. The standard InChI is InChI=1S/C22H25N3OS2/c1-14-8-9-16(10-15(14)2)18-11-27-21-20(18)22(24-13-23-21)28-12-19(26)25-17-6-4-3-5-7-17/h8-11,13,17H,3-7,12H2,1-2H3,(H,25,26). The van der Waals surface area contributed by atoms with Crippen LogP contribution in [0.5, 0.6) is 0 Å². The smallest absolute Gasteiger partial charge is 0.230 e. The third-order valence-electron chi connectivity index (χ3n) is 5.46. The largest absolute Gasteiger partial charge is 0.353 e. The minimum atomic E-state index is 0.103. The maximum Gasteiger partial charge on any atom is 0.230 e. The first-order valence-electron chi connectivity index (χ1n) is 9.84. The van der Waals surface area contributed by atoms with Crippen molar-refractivity contribution in [1.29, 1.82) is 0 Å². The molecule has 0 saturated heterocycles. The van der Waals surface area contributed by atoms with E-state index in [1.54, 1.807) is 17.7 Å². The molecular weight excluding hydrogens is 386 g/mol. The Kier molecular flexibility index (Phi) is 5.97. The number of hydrogen-bond acceptors (Lipinski definition) is 5. The molecule has 4 nitrogen and oxygen atoms in total. The molecule has 3 aromatic rings. The van der Waals surface area contributed by atoms with Crippen LogP contribution in [0.1, 0.15) is 43.2 Å². The minimum absolute atomic E-state index is 0.103. The summed E-state index contributed by atoms with van der Waals surface area (Å²) >= 11 is 3.14. The molecular formula is C22H25N3OS2. The van der Waals surface area contributed by atoms with Gasteiger partial charge in [0, 0.05) is 17.0 Å². The fraction of sp³-hybridized carbons (Fsp3) is 0.409. The molecule has 1 aliphatic carbocycles. The number of nitrogens with one attached hydrogen (secondary N) is 1. The highest BCUT2D eigenvalue weighted by atomic mass is 32.2. The molecule has 4 rings (SSSR count). The number of fused-ring (bicyclic) bond motifs is 1. The quantitative estimate of drug-likeness (QED) is 0.444. The Bertz CT molecular complexity index is 993. The van der Waals surface area contributed by atoms with E-state index in [0.717, 1.165) is 33.6 Å². The third kappa shape index (κ3) is 4.23. The highest BCUT2D eigenvalue weighted by Gasteiger charge is 2.18. The summed E-state index contributed by atoms with van der Waals surface area (Å²) in [5, 5.41) is 7.29. The monoisotopic (exact) mass is 411 g/mol. The average molecular weight is 412 g/mol. The Hall–Kier alpha value is -1.92. The number of rotatable bonds is 5. The van der Waals surface area contributed by atoms with E-state index >= 15 is 0 Å². The van der Waals surface area contributed by atoms with Gasteiger partial charge in [0.05, 0.1) is 11.1 Å². The van der Waals surface area contributed by atoms with Gasteiger partial charge in [0.15, 0.2) is 0 Å². The third-order valence-corrected chi connectivity index (χ3v) is 7.34. The predicted molar refractivity (Wildman–Crippen MR) is 118 cm³/mol. The summed E-state index contributed by atoms with van der Waals surface area (Å²) in [6.07, 6.45) is 7.55. The lowest BCUT2D eigenvalue weighted by Crippen LogP contribution is -2.37. The molecule has 28 heavy (non-hydrogen) atoms. The van der Waals surface area contributed by atoms with E-state index < -0.39 is 0 Å². The summed E-state index contributed by atoms with van der Waals surface area (Å²) < 4.78 is 0. The molecule has 6 heteroatoms. The molecule has 0 aliphatic heterocycles. The van der Waals surface area contributed by atoms with Crippen molar-refractivity contribution in [1.82, 2.24) is 15.3 Å². The van der Waals surface area contributed by atoms with Crippen molar-refractivity contribution in [3.05, 3.63) is 41.0 Å². The van der Waals surface area contributed by atoms with Crippen LogP contribution in [0, 0.1) is 13.8 Å². The van der Waals surface area contributed by atoms with Gasteiger partial charge < -0.3 is 5.32 Å². The van der Waals surface area contributed by atoms with E-state index in [1.807, 2.05) is 0 Å². The number of hydrogen-bond donors (Lipinski definition) is 1. The molecule has 1 fully saturated rings. The number of carbonyl (C=O) groups is 1. The van der Waals surface area contributed by atoms with Crippen LogP contribution < -0.4 is 5.32 Å². The predicted octanol–water partition coefficient (Wildman–Crippen LogP) is 5.52. The summed E-state index contributed by atoms with van der Waals surface area (Å²) in [5.74, 6) is 0.497. The summed E-state index contributed by atoms with van der Waals surface area (Å²) in [6.45, 7) is 4.26. The van der Waals surface area contributed by atoms with Crippen LogP contribution in [-0.2, 0) is 4.79 Å². The Labute approximate surface area is 174 Å². The Balaban J connectivity index is 1.54. The number of benzene rings is 1. The molecule has 0 unspecified atom stereocenters. The first-order chi connectivity index (χ1) is 13.6. The minimum Gasteiger partial charge on any atom is -0.353 e. The van der Waals surface area contributed by atoms with Crippen molar-refractivity contribution in [2.45, 2.75) is 57.0 Å². The van der Waals surface area contributed by atoms with Crippen molar-refractivity contribution < 1.29 is 4.79 Å². The van der Waals surface area contributed by atoms with Crippen LogP contribution in [0.4, 0.5) is 0 Å². The van der Waals surface area contributed by atoms with E-state index in [-0.39, 0.29) is 5.91 Å². The van der Waals surface area contributed by atoms with Crippen molar-refractivity contribution >= 4 is 39.2 Å². The summed E-state index contributed by atoms with van der Waals surface area (Å²) in [5.41, 5.74) is 4.89. The lowest BCUT2D eigenvalue weighted by atomic mass is 9.95. The lowest BCUT2D eigenvalue weighted by molar-refractivity contribution is -0.119. The van der Waals surface area contributed by atoms with Crippen LogP contribution in [0.2, 0.25) is 0 Å². The van der Waals surface area contributed by atoms with Gasteiger partial charge in [-0.15, -0.1) is 11.3 Å². The Morgan fingerprint density at radius 1 is 1.18 bits per heavy atom. The maximum absolute atomic E-state index is 12.4. The summed E-state index contributed by atoms with van der Waals surface area (Å²) in [6, 6.07) is 6.87. The zero-order chi connectivity index (χ0) is 19.5. The van der Waals surface area contributed by atoms with Gasteiger partial charge in [-0.3, -0.25) is 4.79 Å². The molecule has 0 bridgehead atoms. The number of nitrogens with zero attached hydrogens (tertiary/aromatic N) is 2. The van der Waals surface area contributed by atoms with Crippen molar-refractivity contribution in [3.63, 3.8) is 0 Å². The molecule has 1 amide bonds. The molecule has 1 N–H and O–H groups in total. The number of thiophene rings is 1. The molecule has 2 aromatic heterocycles. The van der Waals surface area contributed by atoms with Crippen molar-refractivity contribution in [2.24, 2.45) is 0 Å². The van der Waals surface area contributed by atoms with Crippen LogP contribution in [0.15, 0.2) is 34.9 Å². The second kappa shape index (κ2) is 8.62. The van der Waals surface area contributed by atoms with Crippen LogP contribution in [-0.4, -0.2) is 27.7 Å². The van der Waals surface area contributed by atoms with Crippen LogP contribution in [0.3, 0.4) is 0 Å². The van der Waals surface area contributed by atoms with Crippen LogP contribution in [0.25, 0.3) is 21.3 Å². The molecule has 1 aliphatic rings.